The van der Waals surface area contributed by atoms with Crippen LogP contribution in [0.1, 0.15) is 229 Å². The number of hydrogen-bond acceptors (Lipinski definition) is 12. The number of furan rings is 2. The van der Waals surface area contributed by atoms with Crippen molar-refractivity contribution in [3.05, 3.63) is 263 Å². The largest absolute Gasteiger partial charge is 0.512 e. The number of para-hydroxylation sites is 4. The summed E-state index contributed by atoms with van der Waals surface area (Å²) in [6, 6.07) is 74.4. The molecular weight excluding hydrogens is 2230 g/mol. The van der Waals surface area contributed by atoms with Crippen LogP contribution in [0.5, 0.6) is 0 Å². The number of imidazole rings is 3. The van der Waals surface area contributed by atoms with Gasteiger partial charge in [-0.1, -0.05) is 308 Å². The average molecular weight is 2360 g/mol. The number of carbonyl (C=O) groups excluding carboxylic acids is 3. The predicted octanol–water partition coefficient (Wildman–Crippen LogP) is 33.1. The van der Waals surface area contributed by atoms with Gasteiger partial charge >= 0.3 is 0 Å². The summed E-state index contributed by atoms with van der Waals surface area (Å²) < 4.78 is 19.0. The van der Waals surface area contributed by atoms with Crippen molar-refractivity contribution in [2.45, 2.75) is 236 Å². The molecule has 0 saturated heterocycles. The van der Waals surface area contributed by atoms with Gasteiger partial charge in [-0.05, 0) is 150 Å². The topological polar surface area (TPSA) is 190 Å². The molecule has 0 aliphatic heterocycles. The Labute approximate surface area is 838 Å². The SMILES string of the molecule is CCC(C)(CC)C(=O)C=C(O)C(C)(CC)CC.CCC(C)(CC)C(=O)C=C(O)C(C)(CC)CC.CCC(C)(CC)C(=O)C=C(O)C(C)(CC)CC.Cc1c2ccccc2[c-]c2c1c1ccccc1n1c2nc2c3ccccc3oc21.Cc1cc2nc3c4[c-]c5ccccc5cc4c4ccccc4n3c2s1.Cc1oc2c(nc3c4[c-]c5ccccc5c(C)c4c4ccccc4n32)c1C.[Ir].[Ir].[Ir]. The number of allylic oxidation sites excluding steroid dienone is 6. The molecule has 0 bridgehead atoms. The summed E-state index contributed by atoms with van der Waals surface area (Å²) in [5, 5.41) is 49.0. The maximum Gasteiger partial charge on any atom is 0.225 e. The zero-order valence-electron chi connectivity index (χ0n) is 82.5. The van der Waals surface area contributed by atoms with E-state index in [0.717, 1.165) is 188 Å². The number of aryl methyl sites for hydroxylation is 5. The smallest absolute Gasteiger partial charge is 0.225 e. The van der Waals surface area contributed by atoms with E-state index in [0.29, 0.717) is 0 Å². The zero-order chi connectivity index (χ0) is 95.0. The van der Waals surface area contributed by atoms with E-state index in [9.17, 15) is 29.7 Å². The molecule has 9 aromatic heterocycles. The van der Waals surface area contributed by atoms with Gasteiger partial charge in [-0.25, -0.2) is 0 Å². The number of benzene rings is 10. The molecule has 9 heterocycles. The Balaban J connectivity index is 0.000000158. The Morgan fingerprint density at radius 1 is 0.356 bits per heavy atom. The third kappa shape index (κ3) is 19.4. The fourth-order valence-electron chi connectivity index (χ4n) is 18.0. The van der Waals surface area contributed by atoms with Crippen LogP contribution in [0, 0.1) is 85.3 Å². The van der Waals surface area contributed by atoms with Crippen LogP contribution in [0.4, 0.5) is 0 Å². The van der Waals surface area contributed by atoms with Crippen molar-refractivity contribution >= 4 is 187 Å². The molecule has 19 aromatic rings. The minimum Gasteiger partial charge on any atom is -0.512 e. The van der Waals surface area contributed by atoms with E-state index in [2.05, 4.69) is 223 Å². The number of nitrogens with zero attached hydrogens (tertiary/aromatic N) is 6. The first-order chi connectivity index (χ1) is 63.1. The number of aromatic nitrogens is 6. The van der Waals surface area contributed by atoms with Gasteiger partial charge in [0, 0.05) is 143 Å². The Kier molecular flexibility index (Phi) is 33.1. The first-order valence-electron chi connectivity index (χ1n) is 47.5. The van der Waals surface area contributed by atoms with Gasteiger partial charge in [0.05, 0.1) is 22.5 Å². The average Bonchev–Trinajstić information content (AvgIpc) is 1.58. The molecule has 0 atom stereocenters. The van der Waals surface area contributed by atoms with Crippen LogP contribution in [0.15, 0.2) is 226 Å². The molecule has 19 rings (SSSR count). The van der Waals surface area contributed by atoms with Crippen LogP contribution in [0.2, 0.25) is 0 Å². The Morgan fingerprint density at radius 2 is 0.689 bits per heavy atom. The van der Waals surface area contributed by atoms with E-state index in [1.807, 2.05) is 150 Å². The van der Waals surface area contributed by atoms with Gasteiger partial charge in [0.1, 0.15) is 44.5 Å². The molecular formula is C117H129Ir3N6O8S-3. The second-order valence-electron chi connectivity index (χ2n) is 37.6. The van der Waals surface area contributed by atoms with Crippen LogP contribution < -0.4 is 0 Å². The normalized spacial score (nSPS) is 12.6. The second kappa shape index (κ2) is 42.6. The number of rotatable bonds is 21. The van der Waals surface area contributed by atoms with Crippen molar-refractivity contribution in [2.75, 3.05) is 0 Å². The second-order valence-corrected chi connectivity index (χ2v) is 38.9. The summed E-state index contributed by atoms with van der Waals surface area (Å²) in [5.41, 5.74) is 13.4. The Hall–Kier alpha value is -10.5. The maximum absolute atomic E-state index is 12.2. The van der Waals surface area contributed by atoms with Crippen LogP contribution in [-0.4, -0.2) is 60.8 Å². The molecule has 0 amide bonds. The van der Waals surface area contributed by atoms with Crippen molar-refractivity contribution < 1.29 is 98.9 Å². The van der Waals surface area contributed by atoms with E-state index in [1.54, 1.807) is 11.3 Å². The molecule has 10 aromatic carbocycles. The Morgan fingerprint density at radius 3 is 1.11 bits per heavy atom. The molecule has 135 heavy (non-hydrogen) atoms. The van der Waals surface area contributed by atoms with E-state index >= 15 is 0 Å². The standard InChI is InChI=1S/C26H15N2O.C24H17N2O.C22H13N2S.3C15H28O2.3Ir/c1-15-17-9-3-2-8-16(17)14-20-23(15)18-10-4-6-12-21(18)28-25(20)27-24-19-11-5-7-13-22(19)29-26(24)28;1-13-15(3)27-24-22(13)25-23-19-12-16-8-4-5-9-17(16)14(2)21(19)18-10-6-7-11-20(18)26(23)24;1-13-10-19-22(25-13)24-20-9-5-4-8-16(20)17-11-14-6-2-3-7-15(14)12-18(17)21(24)23-19;3*1-7-14(5,8-2)12(16)11-13(17)15(6,9-3)10-4;;;/h2-13H,1H3;4-11H,1-3H3;2-11H,1H3;3*11,16H,7-10H2,1-6H3;;;/q3*-1;;;;;;. The minimum absolute atomic E-state index is 0. The van der Waals surface area contributed by atoms with Crippen molar-refractivity contribution in [1.29, 1.82) is 0 Å². The van der Waals surface area contributed by atoms with Gasteiger partial charge in [0.15, 0.2) is 17.3 Å². The van der Waals surface area contributed by atoms with Crippen molar-refractivity contribution in [1.82, 2.24) is 28.2 Å². The number of hydrogen-bond donors (Lipinski definition) is 3. The first-order valence-corrected chi connectivity index (χ1v) is 48.3. The van der Waals surface area contributed by atoms with Crippen LogP contribution in [0.3, 0.4) is 0 Å². The summed E-state index contributed by atoms with van der Waals surface area (Å²) in [7, 11) is 0. The zero-order valence-corrected chi connectivity index (χ0v) is 90.5. The number of ketones is 3. The molecule has 18 heteroatoms. The summed E-state index contributed by atoms with van der Waals surface area (Å²) in [4.78, 5) is 54.1. The van der Waals surface area contributed by atoms with Crippen LogP contribution in [-0.2, 0) is 74.7 Å². The molecule has 14 nitrogen and oxygen atoms in total. The quantitative estimate of drug-likeness (QED) is 0.0204. The minimum atomic E-state index is -0.337. The number of aliphatic hydroxyl groups excluding tert-OH is 3. The number of aliphatic hydroxyl groups is 3. The summed E-state index contributed by atoms with van der Waals surface area (Å²) >= 11 is 1.80. The van der Waals surface area contributed by atoms with Crippen LogP contribution in [0.25, 0.3) is 158 Å². The van der Waals surface area contributed by atoms with Gasteiger partial charge in [0.25, 0.3) is 0 Å². The molecule has 711 valence electrons. The summed E-state index contributed by atoms with van der Waals surface area (Å²) in [6.45, 7) is 46.9. The molecule has 0 saturated carbocycles. The van der Waals surface area contributed by atoms with Crippen molar-refractivity contribution in [3.8, 4) is 0 Å². The number of thiophene rings is 1. The molecule has 3 radical (unpaired) electrons. The fraction of sp³-hybridized carbons (Fsp3) is 0.350. The van der Waals surface area contributed by atoms with E-state index in [1.165, 1.54) is 93.1 Å². The fourth-order valence-corrected chi connectivity index (χ4v) is 18.9. The molecule has 0 aliphatic carbocycles. The van der Waals surface area contributed by atoms with E-state index < -0.39 is 0 Å². The number of fused-ring (bicyclic) bond motifs is 29. The third-order valence-electron chi connectivity index (χ3n) is 30.6. The molecule has 0 fully saturated rings. The summed E-state index contributed by atoms with van der Waals surface area (Å²) in [5.74, 6) is 1.78. The predicted molar refractivity (Wildman–Crippen MR) is 555 cm³/mol. The van der Waals surface area contributed by atoms with Crippen molar-refractivity contribution in [2.24, 2.45) is 32.5 Å². The first kappa shape index (κ1) is 105. The third-order valence-corrected chi connectivity index (χ3v) is 31.6. The molecule has 0 spiro atoms. The maximum atomic E-state index is 12.2. The molecule has 3 N–H and O–H groups in total. The van der Waals surface area contributed by atoms with Gasteiger partial charge in [0.2, 0.25) is 11.4 Å². The van der Waals surface area contributed by atoms with Crippen molar-refractivity contribution in [3.63, 3.8) is 0 Å². The molecule has 0 aliphatic rings. The number of pyridine rings is 3. The van der Waals surface area contributed by atoms with Crippen LogP contribution >= 0.6 is 11.3 Å². The van der Waals surface area contributed by atoms with Gasteiger partial charge in [-0.2, -0.15) is 0 Å². The van der Waals surface area contributed by atoms with Gasteiger partial charge in [-0.3, -0.25) is 38.1 Å². The van der Waals surface area contributed by atoms with E-state index in [-0.39, 0.29) is 127 Å². The summed E-state index contributed by atoms with van der Waals surface area (Å²) in [6.07, 6.45) is 14.3. The van der Waals surface area contributed by atoms with Gasteiger partial charge in [-0.15, -0.1) is 81.1 Å². The van der Waals surface area contributed by atoms with Gasteiger partial charge < -0.3 is 28.6 Å². The van der Waals surface area contributed by atoms with E-state index in [4.69, 9.17) is 23.8 Å². The monoisotopic (exact) mass is 2360 g/mol. The Bertz CT molecular complexity index is 7590. The molecule has 0 unspecified atom stereocenters. The number of carbonyl (C=O) groups is 3.